The Morgan fingerprint density at radius 1 is 1.33 bits per heavy atom. The summed E-state index contributed by atoms with van der Waals surface area (Å²) in [6, 6.07) is 2.54. The Balaban J connectivity index is 2.96. The van der Waals surface area contributed by atoms with Crippen molar-refractivity contribution in [3.63, 3.8) is 0 Å². The molecule has 18 heavy (non-hydrogen) atoms. The molecular weight excluding hydrogens is 250 g/mol. The van der Waals surface area contributed by atoms with Crippen LogP contribution in [0.2, 0.25) is 0 Å². The quantitative estimate of drug-likeness (QED) is 0.842. The highest BCUT2D eigenvalue weighted by Crippen LogP contribution is 2.30. The van der Waals surface area contributed by atoms with Gasteiger partial charge >= 0.3 is 6.18 Å². The van der Waals surface area contributed by atoms with Crippen molar-refractivity contribution in [2.75, 3.05) is 13.1 Å². The van der Waals surface area contributed by atoms with Gasteiger partial charge in [-0.2, -0.15) is 13.2 Å². The second-order valence-corrected chi connectivity index (χ2v) is 4.06. The topological polar surface area (TPSA) is 23.5 Å². The third-order valence-corrected chi connectivity index (χ3v) is 2.78. The molecule has 0 aliphatic rings. The average molecular weight is 265 g/mol. The standard InChI is InChI=1S/C12H15F4NO/c1-3-17(7-12(14,15)16)8(2)10-6-9(13)4-5-11(10)18/h4-6,8,18H,3,7H2,1-2H3. The summed E-state index contributed by atoms with van der Waals surface area (Å²) in [4.78, 5) is 1.12. The highest BCUT2D eigenvalue weighted by Gasteiger charge is 2.32. The molecule has 0 spiro atoms. The normalized spacial score (nSPS) is 13.9. The highest BCUT2D eigenvalue weighted by molar-refractivity contribution is 5.34. The van der Waals surface area contributed by atoms with Gasteiger partial charge in [0.25, 0.3) is 0 Å². The molecule has 0 aromatic heterocycles. The molecule has 0 amide bonds. The van der Waals surface area contributed by atoms with E-state index in [1.807, 2.05) is 0 Å². The molecule has 2 nitrogen and oxygen atoms in total. The van der Waals surface area contributed by atoms with E-state index in [2.05, 4.69) is 0 Å². The van der Waals surface area contributed by atoms with Gasteiger partial charge in [0, 0.05) is 11.6 Å². The summed E-state index contributed by atoms with van der Waals surface area (Å²) < 4.78 is 50.2. The molecule has 0 bridgehead atoms. The molecule has 1 rings (SSSR count). The van der Waals surface area contributed by atoms with Gasteiger partial charge in [-0.3, -0.25) is 4.90 Å². The van der Waals surface area contributed by atoms with Gasteiger partial charge in [-0.15, -0.1) is 0 Å². The van der Waals surface area contributed by atoms with Crippen LogP contribution < -0.4 is 0 Å². The van der Waals surface area contributed by atoms with Crippen molar-refractivity contribution in [3.05, 3.63) is 29.6 Å². The smallest absolute Gasteiger partial charge is 0.401 e. The summed E-state index contributed by atoms with van der Waals surface area (Å²) in [6.07, 6.45) is -4.33. The van der Waals surface area contributed by atoms with Crippen molar-refractivity contribution >= 4 is 0 Å². The molecule has 6 heteroatoms. The van der Waals surface area contributed by atoms with Crippen LogP contribution in [-0.2, 0) is 0 Å². The second-order valence-electron chi connectivity index (χ2n) is 4.06. The number of aromatic hydroxyl groups is 1. The third kappa shape index (κ3) is 3.87. The number of rotatable bonds is 4. The monoisotopic (exact) mass is 265 g/mol. The fourth-order valence-electron chi connectivity index (χ4n) is 1.81. The van der Waals surface area contributed by atoms with Crippen molar-refractivity contribution < 1.29 is 22.7 Å². The molecule has 0 aliphatic carbocycles. The Morgan fingerprint density at radius 2 is 1.94 bits per heavy atom. The zero-order valence-corrected chi connectivity index (χ0v) is 10.1. The SMILES string of the molecule is CCN(CC(F)(F)F)C(C)c1cc(F)ccc1O. The zero-order chi connectivity index (χ0) is 13.9. The molecular formula is C12H15F4NO. The van der Waals surface area contributed by atoms with Gasteiger partial charge in [0.15, 0.2) is 0 Å². The van der Waals surface area contributed by atoms with Crippen molar-refractivity contribution in [3.8, 4) is 5.75 Å². The van der Waals surface area contributed by atoms with Crippen molar-refractivity contribution in [2.45, 2.75) is 26.1 Å². The van der Waals surface area contributed by atoms with Crippen molar-refractivity contribution in [1.82, 2.24) is 4.90 Å². The lowest BCUT2D eigenvalue weighted by Crippen LogP contribution is -2.36. The van der Waals surface area contributed by atoms with Crippen LogP contribution in [0.25, 0.3) is 0 Å². The summed E-state index contributed by atoms with van der Waals surface area (Å²) in [6.45, 7) is 2.14. The van der Waals surface area contributed by atoms with Crippen LogP contribution in [-0.4, -0.2) is 29.3 Å². The number of hydrogen-bond donors (Lipinski definition) is 1. The Hall–Kier alpha value is -1.30. The molecule has 1 aromatic carbocycles. The first-order valence-corrected chi connectivity index (χ1v) is 5.53. The largest absolute Gasteiger partial charge is 0.508 e. The number of benzene rings is 1. The van der Waals surface area contributed by atoms with Crippen molar-refractivity contribution in [1.29, 1.82) is 0 Å². The highest BCUT2D eigenvalue weighted by atomic mass is 19.4. The van der Waals surface area contributed by atoms with Crippen LogP contribution in [0, 0.1) is 5.82 Å². The number of nitrogens with zero attached hydrogens (tertiary/aromatic N) is 1. The van der Waals surface area contributed by atoms with Crippen LogP contribution in [0.5, 0.6) is 5.75 Å². The lowest BCUT2D eigenvalue weighted by atomic mass is 10.1. The van der Waals surface area contributed by atoms with Gasteiger partial charge in [-0.05, 0) is 31.7 Å². The molecule has 0 fully saturated rings. The summed E-state index contributed by atoms with van der Waals surface area (Å²) in [7, 11) is 0. The van der Waals surface area contributed by atoms with E-state index in [0.717, 1.165) is 23.1 Å². The van der Waals surface area contributed by atoms with Crippen LogP contribution >= 0.6 is 0 Å². The third-order valence-electron chi connectivity index (χ3n) is 2.78. The fraction of sp³-hybridized carbons (Fsp3) is 0.500. The molecule has 1 aromatic rings. The maximum absolute atomic E-state index is 13.1. The lowest BCUT2D eigenvalue weighted by Gasteiger charge is -2.29. The van der Waals surface area contributed by atoms with E-state index in [4.69, 9.17) is 0 Å². The van der Waals surface area contributed by atoms with Crippen LogP contribution in [0.1, 0.15) is 25.5 Å². The van der Waals surface area contributed by atoms with Gasteiger partial charge in [0.05, 0.1) is 6.54 Å². The molecule has 102 valence electrons. The summed E-state index contributed by atoms with van der Waals surface area (Å²) in [5, 5.41) is 9.57. The number of hydrogen-bond acceptors (Lipinski definition) is 2. The van der Waals surface area contributed by atoms with E-state index in [1.54, 1.807) is 6.92 Å². The molecule has 0 saturated heterocycles. The van der Waals surface area contributed by atoms with E-state index >= 15 is 0 Å². The first-order valence-electron chi connectivity index (χ1n) is 5.53. The van der Waals surface area contributed by atoms with Gasteiger partial charge in [-0.1, -0.05) is 6.92 Å². The summed E-state index contributed by atoms with van der Waals surface area (Å²) in [5.74, 6) is -0.790. The van der Waals surface area contributed by atoms with Crippen LogP contribution in [0.15, 0.2) is 18.2 Å². The minimum absolute atomic E-state index is 0.149. The van der Waals surface area contributed by atoms with Crippen LogP contribution in [0.4, 0.5) is 17.6 Å². The van der Waals surface area contributed by atoms with E-state index in [0.29, 0.717) is 0 Å². The van der Waals surface area contributed by atoms with Crippen molar-refractivity contribution in [2.24, 2.45) is 0 Å². The minimum Gasteiger partial charge on any atom is -0.508 e. The second kappa shape index (κ2) is 5.56. The molecule has 0 radical (unpaired) electrons. The average Bonchev–Trinajstić information content (AvgIpc) is 2.27. The Morgan fingerprint density at radius 3 is 2.44 bits per heavy atom. The fourth-order valence-corrected chi connectivity index (χ4v) is 1.81. The molecule has 1 atom stereocenters. The van der Waals surface area contributed by atoms with Gasteiger partial charge in [-0.25, -0.2) is 4.39 Å². The number of halogens is 4. The molecule has 1 unspecified atom stereocenters. The summed E-state index contributed by atoms with van der Waals surface area (Å²) in [5.41, 5.74) is 0.154. The maximum Gasteiger partial charge on any atom is 0.401 e. The lowest BCUT2D eigenvalue weighted by molar-refractivity contribution is -0.150. The minimum atomic E-state index is -4.33. The van der Waals surface area contributed by atoms with Gasteiger partial charge < -0.3 is 5.11 Å². The van der Waals surface area contributed by atoms with Crippen LogP contribution in [0.3, 0.4) is 0 Å². The molecule has 0 heterocycles. The van der Waals surface area contributed by atoms with Gasteiger partial charge in [0.2, 0.25) is 0 Å². The number of alkyl halides is 3. The maximum atomic E-state index is 13.1. The van der Waals surface area contributed by atoms with Gasteiger partial charge in [0.1, 0.15) is 11.6 Å². The Kier molecular flexibility index (Phi) is 4.56. The summed E-state index contributed by atoms with van der Waals surface area (Å²) >= 11 is 0. The van der Waals surface area contributed by atoms with E-state index in [9.17, 15) is 22.7 Å². The predicted molar refractivity (Wildman–Crippen MR) is 59.8 cm³/mol. The van der Waals surface area contributed by atoms with E-state index < -0.39 is 24.6 Å². The van der Waals surface area contributed by atoms with E-state index in [-0.39, 0.29) is 17.9 Å². The Bertz CT molecular complexity index is 406. The molecule has 0 saturated carbocycles. The number of phenols is 1. The molecule has 1 N–H and O–H groups in total. The first-order chi connectivity index (χ1) is 8.24. The Labute approximate surface area is 103 Å². The number of phenolic OH excluding ortho intramolecular Hbond substituents is 1. The first kappa shape index (κ1) is 14.8. The zero-order valence-electron chi connectivity index (χ0n) is 10.1. The predicted octanol–water partition coefficient (Wildman–Crippen LogP) is 3.48. The van der Waals surface area contributed by atoms with E-state index in [1.165, 1.54) is 6.92 Å². The molecule has 0 aliphatic heterocycles.